The number of hydrogen-bond donors (Lipinski definition) is 1. The van der Waals surface area contributed by atoms with E-state index in [1.165, 1.54) is 30.3 Å². The van der Waals surface area contributed by atoms with Gasteiger partial charge >= 0.3 is 0 Å². The first-order valence-corrected chi connectivity index (χ1v) is 5.77. The van der Waals surface area contributed by atoms with Gasteiger partial charge in [-0.3, -0.25) is 4.79 Å². The van der Waals surface area contributed by atoms with Crippen molar-refractivity contribution in [3.63, 3.8) is 0 Å². The third-order valence-corrected chi connectivity index (χ3v) is 2.89. The van der Waals surface area contributed by atoms with Crippen molar-refractivity contribution in [2.45, 2.75) is 0 Å². The van der Waals surface area contributed by atoms with Crippen molar-refractivity contribution >= 4 is 11.9 Å². The van der Waals surface area contributed by atoms with Crippen molar-refractivity contribution < 1.29 is 23.4 Å². The molecule has 0 aromatic heterocycles. The molecule has 0 amide bonds. The molecule has 3 nitrogen and oxygen atoms in total. The Labute approximate surface area is 112 Å². The number of fused-ring (bicyclic) bond motifs is 1. The topological polar surface area (TPSA) is 46.5 Å². The molecule has 1 aliphatic heterocycles. The first-order chi connectivity index (χ1) is 9.54. The van der Waals surface area contributed by atoms with E-state index >= 15 is 0 Å². The van der Waals surface area contributed by atoms with E-state index in [1.54, 1.807) is 0 Å². The highest BCUT2D eigenvalue weighted by Gasteiger charge is 2.27. The number of rotatable bonds is 1. The molecule has 0 fully saturated rings. The van der Waals surface area contributed by atoms with Crippen LogP contribution in [-0.4, -0.2) is 10.9 Å². The largest absolute Gasteiger partial charge is 0.508 e. The van der Waals surface area contributed by atoms with Crippen LogP contribution < -0.4 is 4.74 Å². The van der Waals surface area contributed by atoms with Gasteiger partial charge in [-0.25, -0.2) is 8.78 Å². The molecular formula is C15H8F2O3. The zero-order valence-corrected chi connectivity index (χ0v) is 10.1. The third-order valence-electron chi connectivity index (χ3n) is 2.89. The van der Waals surface area contributed by atoms with Gasteiger partial charge in [0.15, 0.2) is 17.4 Å². The minimum absolute atomic E-state index is 0.00314. The number of benzene rings is 2. The van der Waals surface area contributed by atoms with Crippen molar-refractivity contribution in [3.05, 3.63) is 64.9 Å². The van der Waals surface area contributed by atoms with E-state index in [0.717, 1.165) is 12.1 Å². The monoisotopic (exact) mass is 274 g/mol. The molecule has 20 heavy (non-hydrogen) atoms. The molecule has 2 aromatic carbocycles. The summed E-state index contributed by atoms with van der Waals surface area (Å²) in [5.41, 5.74) is 0.626. The van der Waals surface area contributed by atoms with Crippen LogP contribution in [0.2, 0.25) is 0 Å². The lowest BCUT2D eigenvalue weighted by Crippen LogP contribution is -1.98. The van der Waals surface area contributed by atoms with Crippen LogP contribution in [-0.2, 0) is 0 Å². The van der Waals surface area contributed by atoms with E-state index < -0.39 is 11.6 Å². The fourth-order valence-electron chi connectivity index (χ4n) is 1.93. The zero-order valence-electron chi connectivity index (χ0n) is 10.1. The second-order valence-electron chi connectivity index (χ2n) is 4.29. The fraction of sp³-hybridized carbons (Fsp3) is 0. The van der Waals surface area contributed by atoms with Crippen LogP contribution in [0.3, 0.4) is 0 Å². The van der Waals surface area contributed by atoms with Crippen LogP contribution >= 0.6 is 0 Å². The van der Waals surface area contributed by atoms with Crippen LogP contribution in [0.15, 0.2) is 42.2 Å². The number of ketones is 1. The Bertz CT molecular complexity index is 751. The standard InChI is InChI=1S/C15H8F2O3/c16-11-4-1-8(5-12(11)17)6-14-15(19)10-3-2-9(18)7-13(10)20-14/h1-7,18H/b14-6+. The number of hydrogen-bond acceptors (Lipinski definition) is 3. The predicted octanol–water partition coefficient (Wildman–Crippen LogP) is 3.29. The number of halogens is 2. The number of ether oxygens (including phenoxy) is 1. The maximum Gasteiger partial charge on any atom is 0.231 e. The lowest BCUT2D eigenvalue weighted by molar-refractivity contribution is 0.101. The summed E-state index contributed by atoms with van der Waals surface area (Å²) in [6, 6.07) is 7.42. The number of Topliss-reactive ketones (excluding diaryl/α,β-unsaturated/α-hetero) is 1. The molecule has 0 radical (unpaired) electrons. The van der Waals surface area contributed by atoms with Gasteiger partial charge in [0, 0.05) is 6.07 Å². The van der Waals surface area contributed by atoms with Gasteiger partial charge < -0.3 is 9.84 Å². The van der Waals surface area contributed by atoms with Crippen LogP contribution in [0.4, 0.5) is 8.78 Å². The normalized spacial score (nSPS) is 15.3. The van der Waals surface area contributed by atoms with Gasteiger partial charge in [0.05, 0.1) is 5.56 Å². The summed E-state index contributed by atoms with van der Waals surface area (Å²) >= 11 is 0. The molecule has 1 heterocycles. The Balaban J connectivity index is 1.99. The highest BCUT2D eigenvalue weighted by atomic mass is 19.2. The van der Waals surface area contributed by atoms with E-state index in [1.807, 2.05) is 0 Å². The second-order valence-corrected chi connectivity index (χ2v) is 4.29. The molecule has 0 atom stereocenters. The molecule has 1 aliphatic rings. The Morgan fingerprint density at radius 2 is 1.85 bits per heavy atom. The zero-order chi connectivity index (χ0) is 14.3. The molecule has 0 aliphatic carbocycles. The summed E-state index contributed by atoms with van der Waals surface area (Å²) in [6.07, 6.45) is 1.32. The number of aromatic hydroxyl groups is 1. The Kier molecular flexibility index (Phi) is 2.75. The van der Waals surface area contributed by atoms with Gasteiger partial charge in [-0.1, -0.05) is 6.07 Å². The molecule has 0 bridgehead atoms. The maximum absolute atomic E-state index is 13.1. The first-order valence-electron chi connectivity index (χ1n) is 5.77. The van der Waals surface area contributed by atoms with Gasteiger partial charge in [-0.15, -0.1) is 0 Å². The molecule has 3 rings (SSSR count). The van der Waals surface area contributed by atoms with Crippen molar-refractivity contribution in [3.8, 4) is 11.5 Å². The minimum Gasteiger partial charge on any atom is -0.508 e. The molecular weight excluding hydrogens is 266 g/mol. The average molecular weight is 274 g/mol. The molecule has 0 saturated carbocycles. The number of carbonyl (C=O) groups is 1. The second kappa shape index (κ2) is 4.45. The Hall–Kier alpha value is -2.69. The Morgan fingerprint density at radius 3 is 2.60 bits per heavy atom. The molecule has 0 spiro atoms. The molecule has 2 aromatic rings. The van der Waals surface area contributed by atoms with E-state index in [2.05, 4.69) is 0 Å². The summed E-state index contributed by atoms with van der Waals surface area (Å²) in [5, 5.41) is 9.32. The SMILES string of the molecule is O=C1/C(=C\c2ccc(F)c(F)c2)Oc2cc(O)ccc21. The van der Waals surface area contributed by atoms with Crippen molar-refractivity contribution in [1.82, 2.24) is 0 Å². The first kappa shape index (κ1) is 12.3. The van der Waals surface area contributed by atoms with Gasteiger partial charge in [0.25, 0.3) is 0 Å². The third kappa shape index (κ3) is 2.03. The number of phenolic OH excluding ortho intramolecular Hbond substituents is 1. The molecule has 0 saturated heterocycles. The van der Waals surface area contributed by atoms with E-state index in [-0.39, 0.29) is 23.0 Å². The summed E-state index contributed by atoms with van der Waals surface area (Å²) in [4.78, 5) is 12.0. The molecule has 0 unspecified atom stereocenters. The van der Waals surface area contributed by atoms with Crippen LogP contribution in [0.1, 0.15) is 15.9 Å². The van der Waals surface area contributed by atoms with Crippen molar-refractivity contribution in [2.75, 3.05) is 0 Å². The van der Waals surface area contributed by atoms with Gasteiger partial charge in [-0.05, 0) is 35.9 Å². The lowest BCUT2D eigenvalue weighted by atomic mass is 10.1. The van der Waals surface area contributed by atoms with Crippen molar-refractivity contribution in [2.24, 2.45) is 0 Å². The quantitative estimate of drug-likeness (QED) is 0.812. The van der Waals surface area contributed by atoms with Crippen molar-refractivity contribution in [1.29, 1.82) is 0 Å². The highest BCUT2D eigenvalue weighted by Crippen LogP contribution is 2.34. The van der Waals surface area contributed by atoms with Crippen LogP contribution in [0.5, 0.6) is 11.5 Å². The van der Waals surface area contributed by atoms with E-state index in [0.29, 0.717) is 11.1 Å². The Morgan fingerprint density at radius 1 is 1.05 bits per heavy atom. The van der Waals surface area contributed by atoms with E-state index in [4.69, 9.17) is 4.74 Å². The predicted molar refractivity (Wildman–Crippen MR) is 67.4 cm³/mol. The summed E-state index contributed by atoms with van der Waals surface area (Å²) < 4.78 is 31.2. The van der Waals surface area contributed by atoms with E-state index in [9.17, 15) is 18.7 Å². The lowest BCUT2D eigenvalue weighted by Gasteiger charge is -1.99. The number of phenols is 1. The molecule has 1 N–H and O–H groups in total. The van der Waals surface area contributed by atoms with Gasteiger partial charge in [0.2, 0.25) is 5.78 Å². The smallest absolute Gasteiger partial charge is 0.231 e. The number of carbonyl (C=O) groups excluding carboxylic acids is 1. The summed E-state index contributed by atoms with van der Waals surface area (Å²) in [6.45, 7) is 0. The number of allylic oxidation sites excluding steroid dienone is 1. The fourth-order valence-corrected chi connectivity index (χ4v) is 1.93. The molecule has 5 heteroatoms. The van der Waals surface area contributed by atoms with Crippen LogP contribution in [0.25, 0.3) is 6.08 Å². The molecule has 100 valence electrons. The summed E-state index contributed by atoms with van der Waals surface area (Å²) in [5.74, 6) is -2.12. The minimum atomic E-state index is -1.00. The van der Waals surface area contributed by atoms with Gasteiger partial charge in [-0.2, -0.15) is 0 Å². The highest BCUT2D eigenvalue weighted by molar-refractivity contribution is 6.14. The summed E-state index contributed by atoms with van der Waals surface area (Å²) in [7, 11) is 0. The maximum atomic E-state index is 13.1. The van der Waals surface area contributed by atoms with Gasteiger partial charge in [0.1, 0.15) is 11.5 Å². The van der Waals surface area contributed by atoms with Crippen LogP contribution in [0, 0.1) is 11.6 Å². The average Bonchev–Trinajstić information content (AvgIpc) is 2.70.